The van der Waals surface area contributed by atoms with E-state index in [1.54, 1.807) is 0 Å². The Balaban J connectivity index is 2.78. The van der Waals surface area contributed by atoms with Gasteiger partial charge in [-0.25, -0.2) is 0 Å². The van der Waals surface area contributed by atoms with Crippen molar-refractivity contribution in [2.45, 2.75) is 59.0 Å². The first kappa shape index (κ1) is 17.7. The second-order valence-electron chi connectivity index (χ2n) is 5.26. The lowest BCUT2D eigenvalue weighted by Gasteiger charge is -2.22. The molecule has 0 radical (unpaired) electrons. The minimum absolute atomic E-state index is 0.328. The predicted octanol–water partition coefficient (Wildman–Crippen LogP) is 4.08. The van der Waals surface area contributed by atoms with Crippen LogP contribution < -0.4 is 5.32 Å². The van der Waals surface area contributed by atoms with Gasteiger partial charge in [-0.05, 0) is 62.5 Å². The second kappa shape index (κ2) is 9.53. The smallest absolute Gasteiger partial charge is 0.0698 e. The Morgan fingerprint density at radius 3 is 2.75 bits per heavy atom. The molecule has 1 unspecified atom stereocenters. The number of nitrogens with zero attached hydrogens (tertiary/aromatic N) is 2. The number of aromatic nitrogens is 2. The molecule has 1 N–H and O–H groups in total. The van der Waals surface area contributed by atoms with E-state index in [-0.39, 0.29) is 0 Å². The van der Waals surface area contributed by atoms with E-state index in [4.69, 9.17) is 4.74 Å². The van der Waals surface area contributed by atoms with Crippen molar-refractivity contribution in [3.63, 3.8) is 0 Å². The third-order valence-electron chi connectivity index (χ3n) is 3.23. The Morgan fingerprint density at radius 2 is 2.15 bits per heavy atom. The number of rotatable bonds is 10. The Hall–Kier alpha value is -0.390. The molecule has 0 spiro atoms. The van der Waals surface area contributed by atoms with Gasteiger partial charge in [-0.2, -0.15) is 5.10 Å². The van der Waals surface area contributed by atoms with Crippen LogP contribution in [0.1, 0.15) is 64.7 Å². The number of hydrogen-bond donors (Lipinski definition) is 1. The van der Waals surface area contributed by atoms with E-state index >= 15 is 0 Å². The highest BCUT2D eigenvalue weighted by molar-refractivity contribution is 9.10. The Morgan fingerprint density at radius 1 is 1.40 bits per heavy atom. The molecule has 20 heavy (non-hydrogen) atoms. The average molecular weight is 346 g/mol. The van der Waals surface area contributed by atoms with Crippen LogP contribution >= 0.6 is 15.9 Å². The number of ether oxygens (including phenoxy) is 1. The van der Waals surface area contributed by atoms with Crippen molar-refractivity contribution in [1.82, 2.24) is 15.1 Å². The molecular weight excluding hydrogens is 318 g/mol. The van der Waals surface area contributed by atoms with Crippen LogP contribution in [-0.2, 0) is 4.74 Å². The predicted molar refractivity (Wildman–Crippen MR) is 87.1 cm³/mol. The molecule has 0 saturated heterocycles. The van der Waals surface area contributed by atoms with Gasteiger partial charge in [-0.15, -0.1) is 0 Å². The number of nitrogens with one attached hydrogen (secondary N) is 1. The molecular formula is C15H28BrN3O. The standard InChI is InChI=1S/C15H28BrN3O/c1-5-9-17-14(8-7-10-20-6-2)15-13(16)11-18-19(15)12(3)4/h11-12,14,17H,5-10H2,1-4H3. The van der Waals surface area contributed by atoms with Gasteiger partial charge in [0.1, 0.15) is 0 Å². The lowest BCUT2D eigenvalue weighted by molar-refractivity contribution is 0.140. The molecule has 1 aromatic rings. The molecule has 0 fully saturated rings. The lowest BCUT2D eigenvalue weighted by atomic mass is 10.1. The summed E-state index contributed by atoms with van der Waals surface area (Å²) in [7, 11) is 0. The molecule has 0 aromatic carbocycles. The lowest BCUT2D eigenvalue weighted by Crippen LogP contribution is -2.26. The van der Waals surface area contributed by atoms with Gasteiger partial charge in [0.25, 0.3) is 0 Å². The minimum atomic E-state index is 0.328. The van der Waals surface area contributed by atoms with Gasteiger partial charge < -0.3 is 10.1 Å². The van der Waals surface area contributed by atoms with E-state index < -0.39 is 0 Å². The molecule has 116 valence electrons. The molecule has 1 rings (SSSR count). The fraction of sp³-hybridized carbons (Fsp3) is 0.800. The normalized spacial score (nSPS) is 13.1. The fourth-order valence-corrected chi connectivity index (χ4v) is 2.83. The molecule has 4 nitrogen and oxygen atoms in total. The molecule has 0 aliphatic carbocycles. The van der Waals surface area contributed by atoms with Crippen LogP contribution in [0.3, 0.4) is 0 Å². The van der Waals surface area contributed by atoms with E-state index in [0.29, 0.717) is 12.1 Å². The molecule has 1 aromatic heterocycles. The highest BCUT2D eigenvalue weighted by Gasteiger charge is 2.20. The summed E-state index contributed by atoms with van der Waals surface area (Å²) in [6.07, 6.45) is 5.16. The van der Waals surface area contributed by atoms with E-state index in [9.17, 15) is 0 Å². The number of halogens is 1. The summed E-state index contributed by atoms with van der Waals surface area (Å²) in [6.45, 7) is 11.2. The first-order chi connectivity index (χ1) is 9.61. The molecule has 1 atom stereocenters. The van der Waals surface area contributed by atoms with Crippen LogP contribution in [0.5, 0.6) is 0 Å². The fourth-order valence-electron chi connectivity index (χ4n) is 2.28. The van der Waals surface area contributed by atoms with Crippen LogP contribution in [0.2, 0.25) is 0 Å². The van der Waals surface area contributed by atoms with Crippen molar-refractivity contribution in [2.75, 3.05) is 19.8 Å². The van der Waals surface area contributed by atoms with Crippen molar-refractivity contribution in [3.05, 3.63) is 16.4 Å². The van der Waals surface area contributed by atoms with Crippen LogP contribution in [0.15, 0.2) is 10.7 Å². The molecule has 1 heterocycles. The summed E-state index contributed by atoms with van der Waals surface area (Å²) in [5.41, 5.74) is 1.25. The zero-order valence-electron chi connectivity index (χ0n) is 13.2. The van der Waals surface area contributed by atoms with E-state index in [1.807, 2.05) is 13.1 Å². The Kier molecular flexibility index (Phi) is 8.41. The van der Waals surface area contributed by atoms with E-state index in [0.717, 1.165) is 43.5 Å². The van der Waals surface area contributed by atoms with Crippen molar-refractivity contribution in [2.24, 2.45) is 0 Å². The van der Waals surface area contributed by atoms with Crippen LogP contribution in [0, 0.1) is 0 Å². The average Bonchev–Trinajstić information content (AvgIpc) is 2.80. The van der Waals surface area contributed by atoms with Crippen molar-refractivity contribution < 1.29 is 4.74 Å². The number of hydrogen-bond acceptors (Lipinski definition) is 3. The second-order valence-corrected chi connectivity index (χ2v) is 6.12. The molecule has 0 saturated carbocycles. The van der Waals surface area contributed by atoms with Gasteiger partial charge >= 0.3 is 0 Å². The van der Waals surface area contributed by atoms with Gasteiger partial charge in [0.05, 0.1) is 22.4 Å². The zero-order chi connectivity index (χ0) is 15.0. The SMILES string of the molecule is CCCNC(CCCOCC)c1c(Br)cnn1C(C)C. The summed E-state index contributed by atoms with van der Waals surface area (Å²) in [4.78, 5) is 0. The third kappa shape index (κ3) is 5.19. The monoisotopic (exact) mass is 345 g/mol. The van der Waals surface area contributed by atoms with Crippen molar-refractivity contribution in [1.29, 1.82) is 0 Å². The molecule has 0 aliphatic heterocycles. The summed E-state index contributed by atoms with van der Waals surface area (Å²) < 4.78 is 8.65. The highest BCUT2D eigenvalue weighted by Crippen LogP contribution is 2.28. The Labute approximate surface area is 131 Å². The highest BCUT2D eigenvalue weighted by atomic mass is 79.9. The molecule has 5 heteroatoms. The maximum absolute atomic E-state index is 5.45. The summed E-state index contributed by atoms with van der Waals surface area (Å²) in [6, 6.07) is 0.698. The maximum Gasteiger partial charge on any atom is 0.0698 e. The van der Waals surface area contributed by atoms with Gasteiger partial charge in [-0.3, -0.25) is 4.68 Å². The van der Waals surface area contributed by atoms with Crippen LogP contribution in [-0.4, -0.2) is 29.5 Å². The maximum atomic E-state index is 5.45. The zero-order valence-corrected chi connectivity index (χ0v) is 14.7. The third-order valence-corrected chi connectivity index (χ3v) is 3.84. The quantitative estimate of drug-likeness (QED) is 0.649. The molecule has 0 bridgehead atoms. The van der Waals surface area contributed by atoms with Crippen LogP contribution in [0.25, 0.3) is 0 Å². The van der Waals surface area contributed by atoms with E-state index in [1.165, 1.54) is 5.69 Å². The summed E-state index contributed by atoms with van der Waals surface area (Å²) in [5, 5.41) is 8.13. The van der Waals surface area contributed by atoms with Crippen molar-refractivity contribution >= 4 is 15.9 Å². The van der Waals surface area contributed by atoms with Gasteiger partial charge in [0.2, 0.25) is 0 Å². The largest absolute Gasteiger partial charge is 0.382 e. The van der Waals surface area contributed by atoms with Gasteiger partial charge in [0, 0.05) is 19.3 Å². The first-order valence-corrected chi connectivity index (χ1v) is 8.45. The van der Waals surface area contributed by atoms with Gasteiger partial charge in [-0.1, -0.05) is 6.92 Å². The summed E-state index contributed by atoms with van der Waals surface area (Å²) in [5.74, 6) is 0. The van der Waals surface area contributed by atoms with E-state index in [2.05, 4.69) is 51.8 Å². The Bertz CT molecular complexity index is 379. The topological polar surface area (TPSA) is 39.1 Å². The summed E-state index contributed by atoms with van der Waals surface area (Å²) >= 11 is 3.65. The first-order valence-electron chi connectivity index (χ1n) is 7.65. The molecule has 0 amide bonds. The minimum Gasteiger partial charge on any atom is -0.382 e. The van der Waals surface area contributed by atoms with Gasteiger partial charge in [0.15, 0.2) is 0 Å². The molecule has 0 aliphatic rings. The van der Waals surface area contributed by atoms with Crippen molar-refractivity contribution in [3.8, 4) is 0 Å². The van der Waals surface area contributed by atoms with Crippen LogP contribution in [0.4, 0.5) is 0 Å².